The lowest BCUT2D eigenvalue weighted by molar-refractivity contribution is -0.120. The number of rotatable bonds is 3. The van der Waals surface area contributed by atoms with Gasteiger partial charge in [-0.15, -0.1) is 0 Å². The second-order valence-corrected chi connectivity index (χ2v) is 5.84. The fraction of sp³-hybridized carbons (Fsp3) is 0.263. The number of hydrogen-bond donors (Lipinski definition) is 1. The molecule has 5 heteroatoms. The van der Waals surface area contributed by atoms with Crippen LogP contribution in [0.2, 0.25) is 0 Å². The topological polar surface area (TPSA) is 58.6 Å². The SMILES string of the molecule is CCc1cccc(C)c1NC(=O)c1ccc2c(c1)N(C)C(=O)CO2. The molecule has 0 aromatic heterocycles. The number of amides is 2. The molecule has 0 aliphatic carbocycles. The first kappa shape index (κ1) is 16.1. The molecule has 2 aromatic carbocycles. The van der Waals surface area contributed by atoms with Gasteiger partial charge in [-0.2, -0.15) is 0 Å². The zero-order valence-corrected chi connectivity index (χ0v) is 14.1. The number of ether oxygens (including phenoxy) is 1. The van der Waals surface area contributed by atoms with E-state index in [9.17, 15) is 9.59 Å². The van der Waals surface area contributed by atoms with E-state index in [4.69, 9.17) is 4.74 Å². The second kappa shape index (κ2) is 6.35. The van der Waals surface area contributed by atoms with E-state index in [1.807, 2.05) is 25.1 Å². The van der Waals surface area contributed by atoms with Crippen molar-refractivity contribution in [1.29, 1.82) is 0 Å². The summed E-state index contributed by atoms with van der Waals surface area (Å²) < 4.78 is 5.39. The van der Waals surface area contributed by atoms with Gasteiger partial charge in [-0.1, -0.05) is 25.1 Å². The molecule has 0 atom stereocenters. The number of hydrogen-bond acceptors (Lipinski definition) is 3. The highest BCUT2D eigenvalue weighted by molar-refractivity contribution is 6.07. The van der Waals surface area contributed by atoms with Crippen LogP contribution in [0, 0.1) is 6.92 Å². The Morgan fingerprint density at radius 1 is 1.29 bits per heavy atom. The molecule has 2 aromatic rings. The molecular formula is C19H20N2O3. The summed E-state index contributed by atoms with van der Waals surface area (Å²) in [5.74, 6) is 0.277. The van der Waals surface area contributed by atoms with E-state index in [0.29, 0.717) is 17.0 Å². The first-order chi connectivity index (χ1) is 11.5. The van der Waals surface area contributed by atoms with Crippen molar-refractivity contribution >= 4 is 23.2 Å². The van der Waals surface area contributed by atoms with Crippen LogP contribution in [0.3, 0.4) is 0 Å². The highest BCUT2D eigenvalue weighted by Gasteiger charge is 2.23. The standard InChI is InChI=1S/C19H20N2O3/c1-4-13-7-5-6-12(2)18(13)20-19(23)14-8-9-16-15(10-14)21(3)17(22)11-24-16/h5-10H,4,11H2,1-3H3,(H,20,23). The molecule has 1 heterocycles. The Hall–Kier alpha value is -2.82. The van der Waals surface area contributed by atoms with Gasteiger partial charge in [0.2, 0.25) is 0 Å². The molecule has 24 heavy (non-hydrogen) atoms. The van der Waals surface area contributed by atoms with Crippen LogP contribution in [0.25, 0.3) is 0 Å². The van der Waals surface area contributed by atoms with Crippen LogP contribution < -0.4 is 15.0 Å². The summed E-state index contributed by atoms with van der Waals surface area (Å²) in [5, 5.41) is 3.00. The number of para-hydroxylation sites is 1. The summed E-state index contributed by atoms with van der Waals surface area (Å²) in [6, 6.07) is 11.1. The molecule has 124 valence electrons. The summed E-state index contributed by atoms with van der Waals surface area (Å²) in [4.78, 5) is 25.9. The smallest absolute Gasteiger partial charge is 0.264 e. The molecular weight excluding hydrogens is 304 g/mol. The highest BCUT2D eigenvalue weighted by atomic mass is 16.5. The molecule has 0 saturated carbocycles. The second-order valence-electron chi connectivity index (χ2n) is 5.84. The Kier molecular flexibility index (Phi) is 4.25. The normalized spacial score (nSPS) is 13.3. The van der Waals surface area contributed by atoms with Crippen LogP contribution in [0.15, 0.2) is 36.4 Å². The van der Waals surface area contributed by atoms with Crippen molar-refractivity contribution in [2.45, 2.75) is 20.3 Å². The number of likely N-dealkylation sites (N-methyl/N-ethyl adjacent to an activating group) is 1. The maximum absolute atomic E-state index is 12.7. The monoisotopic (exact) mass is 324 g/mol. The van der Waals surface area contributed by atoms with E-state index in [0.717, 1.165) is 23.2 Å². The largest absolute Gasteiger partial charge is 0.482 e. The van der Waals surface area contributed by atoms with Crippen molar-refractivity contribution in [1.82, 2.24) is 0 Å². The molecule has 0 bridgehead atoms. The molecule has 1 aliphatic heterocycles. The van der Waals surface area contributed by atoms with Gasteiger partial charge >= 0.3 is 0 Å². The molecule has 0 saturated heterocycles. The number of carbonyl (C=O) groups excluding carboxylic acids is 2. The zero-order chi connectivity index (χ0) is 17.3. The Morgan fingerprint density at radius 2 is 2.08 bits per heavy atom. The first-order valence-electron chi connectivity index (χ1n) is 7.94. The van der Waals surface area contributed by atoms with Crippen LogP contribution in [0.4, 0.5) is 11.4 Å². The van der Waals surface area contributed by atoms with Crippen molar-refractivity contribution in [2.75, 3.05) is 23.9 Å². The van der Waals surface area contributed by atoms with E-state index in [2.05, 4.69) is 12.2 Å². The number of carbonyl (C=O) groups is 2. The van der Waals surface area contributed by atoms with E-state index in [1.54, 1.807) is 25.2 Å². The van der Waals surface area contributed by atoms with Gasteiger partial charge in [0, 0.05) is 18.3 Å². The number of nitrogens with zero attached hydrogens (tertiary/aromatic N) is 1. The molecule has 0 fully saturated rings. The van der Waals surface area contributed by atoms with Gasteiger partial charge in [0.1, 0.15) is 5.75 Å². The molecule has 3 rings (SSSR count). The van der Waals surface area contributed by atoms with Gasteiger partial charge in [0.05, 0.1) is 5.69 Å². The van der Waals surface area contributed by atoms with Crippen molar-refractivity contribution in [3.63, 3.8) is 0 Å². The van der Waals surface area contributed by atoms with Gasteiger partial charge in [-0.3, -0.25) is 9.59 Å². The zero-order valence-electron chi connectivity index (χ0n) is 14.1. The first-order valence-corrected chi connectivity index (χ1v) is 7.94. The maximum atomic E-state index is 12.7. The van der Waals surface area contributed by atoms with E-state index < -0.39 is 0 Å². The molecule has 0 unspecified atom stereocenters. The molecule has 1 aliphatic rings. The lowest BCUT2D eigenvalue weighted by atomic mass is 10.0. The van der Waals surface area contributed by atoms with Crippen molar-refractivity contribution in [3.8, 4) is 5.75 Å². The lowest BCUT2D eigenvalue weighted by Crippen LogP contribution is -2.35. The summed E-state index contributed by atoms with van der Waals surface area (Å²) in [7, 11) is 1.68. The molecule has 1 N–H and O–H groups in total. The number of fused-ring (bicyclic) bond motifs is 1. The lowest BCUT2D eigenvalue weighted by Gasteiger charge is -2.26. The number of anilines is 2. The van der Waals surface area contributed by atoms with E-state index in [-0.39, 0.29) is 18.4 Å². The number of benzene rings is 2. The third-order valence-corrected chi connectivity index (χ3v) is 4.29. The predicted molar refractivity (Wildman–Crippen MR) is 93.9 cm³/mol. The minimum atomic E-state index is -0.201. The molecule has 5 nitrogen and oxygen atoms in total. The van der Waals surface area contributed by atoms with Crippen molar-refractivity contribution in [2.24, 2.45) is 0 Å². The highest BCUT2D eigenvalue weighted by Crippen LogP contribution is 2.32. The Bertz CT molecular complexity index is 814. The van der Waals surface area contributed by atoms with Crippen LogP contribution >= 0.6 is 0 Å². The minimum Gasteiger partial charge on any atom is -0.482 e. The Balaban J connectivity index is 1.91. The van der Waals surface area contributed by atoms with Gasteiger partial charge < -0.3 is 15.0 Å². The maximum Gasteiger partial charge on any atom is 0.264 e. The molecule has 0 radical (unpaired) electrons. The van der Waals surface area contributed by atoms with Gasteiger partial charge in [-0.05, 0) is 42.7 Å². The summed E-state index contributed by atoms with van der Waals surface area (Å²) in [5.41, 5.74) is 4.07. The average molecular weight is 324 g/mol. The average Bonchev–Trinajstić information content (AvgIpc) is 2.59. The summed E-state index contributed by atoms with van der Waals surface area (Å²) in [6.07, 6.45) is 0.840. The van der Waals surface area contributed by atoms with Crippen molar-refractivity contribution < 1.29 is 14.3 Å². The van der Waals surface area contributed by atoms with Crippen LogP contribution in [-0.4, -0.2) is 25.5 Å². The third kappa shape index (κ3) is 2.85. The summed E-state index contributed by atoms with van der Waals surface area (Å²) >= 11 is 0. The summed E-state index contributed by atoms with van der Waals surface area (Å²) in [6.45, 7) is 4.06. The minimum absolute atomic E-state index is 0.0259. The molecule has 2 amide bonds. The van der Waals surface area contributed by atoms with E-state index >= 15 is 0 Å². The van der Waals surface area contributed by atoms with E-state index in [1.165, 1.54) is 4.90 Å². The fourth-order valence-corrected chi connectivity index (χ4v) is 2.80. The van der Waals surface area contributed by atoms with Gasteiger partial charge in [0.25, 0.3) is 11.8 Å². The van der Waals surface area contributed by atoms with Gasteiger partial charge in [-0.25, -0.2) is 0 Å². The Labute approximate surface area is 141 Å². The van der Waals surface area contributed by atoms with Crippen LogP contribution in [0.1, 0.15) is 28.4 Å². The van der Waals surface area contributed by atoms with Crippen molar-refractivity contribution in [3.05, 3.63) is 53.1 Å². The fourth-order valence-electron chi connectivity index (χ4n) is 2.80. The third-order valence-electron chi connectivity index (χ3n) is 4.29. The Morgan fingerprint density at radius 3 is 2.83 bits per heavy atom. The quantitative estimate of drug-likeness (QED) is 0.943. The van der Waals surface area contributed by atoms with Gasteiger partial charge in [0.15, 0.2) is 6.61 Å². The number of nitrogens with one attached hydrogen (secondary N) is 1. The predicted octanol–water partition coefficient (Wildman–Crippen LogP) is 3.16. The molecule has 0 spiro atoms. The number of aryl methyl sites for hydroxylation is 2. The van der Waals surface area contributed by atoms with Crippen LogP contribution in [-0.2, 0) is 11.2 Å². The van der Waals surface area contributed by atoms with Crippen LogP contribution in [0.5, 0.6) is 5.75 Å².